The lowest BCUT2D eigenvalue weighted by Crippen LogP contribution is -2.48. The summed E-state index contributed by atoms with van der Waals surface area (Å²) in [6.07, 6.45) is 2.40. The molecule has 134 valence electrons. The highest BCUT2D eigenvalue weighted by Gasteiger charge is 2.32. The van der Waals surface area contributed by atoms with Gasteiger partial charge < -0.3 is 10.2 Å². The molecule has 1 aliphatic heterocycles. The van der Waals surface area contributed by atoms with Crippen molar-refractivity contribution in [1.29, 1.82) is 0 Å². The van der Waals surface area contributed by atoms with Crippen molar-refractivity contribution in [3.8, 4) is 0 Å². The Morgan fingerprint density at radius 2 is 2.12 bits per heavy atom. The second-order valence-corrected chi connectivity index (χ2v) is 7.06. The molecule has 0 spiro atoms. The standard InChI is InChI=1S/C18H21ClN4O.ClH/c1-22-16(12-5-6-12)10-15(21-22)18(24)23-8-7-20-11-17(23)13-3-2-4-14(19)9-13;/h2-4,9-10,12,17,20H,5-8,11H2,1H3;1H. The fourth-order valence-electron chi connectivity index (χ4n) is 3.45. The topological polar surface area (TPSA) is 50.2 Å². The van der Waals surface area contributed by atoms with Gasteiger partial charge in [-0.25, -0.2) is 0 Å². The van der Waals surface area contributed by atoms with Crippen molar-refractivity contribution in [3.05, 3.63) is 52.3 Å². The molecule has 1 amide bonds. The summed E-state index contributed by atoms with van der Waals surface area (Å²) in [6.45, 7) is 2.20. The van der Waals surface area contributed by atoms with Gasteiger partial charge in [0.25, 0.3) is 5.91 Å². The predicted octanol–water partition coefficient (Wildman–Crippen LogP) is 3.16. The Balaban J connectivity index is 0.00000182. The van der Waals surface area contributed by atoms with Crippen molar-refractivity contribution in [2.45, 2.75) is 24.8 Å². The summed E-state index contributed by atoms with van der Waals surface area (Å²) in [6, 6.07) is 9.70. The quantitative estimate of drug-likeness (QED) is 0.889. The highest BCUT2D eigenvalue weighted by atomic mass is 35.5. The number of carbonyl (C=O) groups excluding carboxylic acids is 1. The number of nitrogens with one attached hydrogen (secondary N) is 1. The maximum absolute atomic E-state index is 13.1. The van der Waals surface area contributed by atoms with E-state index in [0.717, 1.165) is 18.7 Å². The van der Waals surface area contributed by atoms with Crippen LogP contribution in [-0.2, 0) is 7.05 Å². The van der Waals surface area contributed by atoms with Crippen LogP contribution in [-0.4, -0.2) is 40.2 Å². The van der Waals surface area contributed by atoms with E-state index in [1.54, 1.807) is 0 Å². The number of carbonyl (C=O) groups is 1. The van der Waals surface area contributed by atoms with Crippen molar-refractivity contribution in [2.75, 3.05) is 19.6 Å². The van der Waals surface area contributed by atoms with Crippen LogP contribution in [0.2, 0.25) is 5.02 Å². The first-order valence-electron chi connectivity index (χ1n) is 8.44. The molecule has 2 heterocycles. The molecule has 2 aromatic rings. The van der Waals surface area contributed by atoms with Gasteiger partial charge in [0.05, 0.1) is 6.04 Å². The summed E-state index contributed by atoms with van der Waals surface area (Å²) in [5, 5.41) is 8.54. The van der Waals surface area contributed by atoms with Crippen LogP contribution in [0.5, 0.6) is 0 Å². The summed E-state index contributed by atoms with van der Waals surface area (Å²) < 4.78 is 1.86. The molecule has 2 aliphatic rings. The van der Waals surface area contributed by atoms with E-state index in [1.807, 2.05) is 47.0 Å². The minimum absolute atomic E-state index is 0. The molecule has 0 bridgehead atoms. The molecular weight excluding hydrogens is 359 g/mol. The van der Waals surface area contributed by atoms with Crippen LogP contribution in [0, 0.1) is 0 Å². The third-order valence-corrected chi connectivity index (χ3v) is 5.10. The second kappa shape index (κ2) is 7.36. The third kappa shape index (κ3) is 3.68. The monoisotopic (exact) mass is 380 g/mol. The van der Waals surface area contributed by atoms with Gasteiger partial charge in [-0.05, 0) is 36.6 Å². The molecule has 1 N–H and O–H groups in total. The first-order chi connectivity index (χ1) is 11.6. The number of aryl methyl sites for hydroxylation is 1. The Hall–Kier alpha value is -1.56. The first kappa shape index (κ1) is 18.2. The van der Waals surface area contributed by atoms with Gasteiger partial charge in [-0.15, -0.1) is 12.4 Å². The maximum atomic E-state index is 13.1. The normalized spacial score (nSPS) is 20.2. The van der Waals surface area contributed by atoms with Crippen LogP contribution in [0.3, 0.4) is 0 Å². The van der Waals surface area contributed by atoms with Gasteiger partial charge in [-0.3, -0.25) is 9.48 Å². The molecule has 1 saturated carbocycles. The second-order valence-electron chi connectivity index (χ2n) is 6.63. The molecule has 7 heteroatoms. The molecule has 1 aliphatic carbocycles. The number of halogens is 2. The van der Waals surface area contributed by atoms with Gasteiger partial charge in [0.1, 0.15) is 0 Å². The van der Waals surface area contributed by atoms with Crippen molar-refractivity contribution < 1.29 is 4.79 Å². The zero-order valence-electron chi connectivity index (χ0n) is 14.1. The lowest BCUT2D eigenvalue weighted by atomic mass is 10.0. The van der Waals surface area contributed by atoms with Crippen LogP contribution >= 0.6 is 24.0 Å². The van der Waals surface area contributed by atoms with E-state index in [-0.39, 0.29) is 24.4 Å². The summed E-state index contributed by atoms with van der Waals surface area (Å²) in [5.74, 6) is 0.583. The van der Waals surface area contributed by atoms with E-state index >= 15 is 0 Å². The number of nitrogens with zero attached hydrogens (tertiary/aromatic N) is 3. The van der Waals surface area contributed by atoms with E-state index in [0.29, 0.717) is 23.2 Å². The average Bonchev–Trinajstić information content (AvgIpc) is 3.36. The molecule has 4 rings (SSSR count). The van der Waals surface area contributed by atoms with Crippen LogP contribution in [0.15, 0.2) is 30.3 Å². The number of hydrogen-bond donors (Lipinski definition) is 1. The van der Waals surface area contributed by atoms with Crippen LogP contribution in [0.1, 0.15) is 46.5 Å². The summed E-state index contributed by atoms with van der Waals surface area (Å²) >= 11 is 6.13. The molecule has 1 aromatic heterocycles. The fraction of sp³-hybridized carbons (Fsp3) is 0.444. The number of rotatable bonds is 3. The van der Waals surface area contributed by atoms with E-state index in [4.69, 9.17) is 11.6 Å². The Bertz CT molecular complexity index is 772. The van der Waals surface area contributed by atoms with Crippen molar-refractivity contribution in [3.63, 3.8) is 0 Å². The third-order valence-electron chi connectivity index (χ3n) is 4.87. The lowest BCUT2D eigenvalue weighted by molar-refractivity contribution is 0.0627. The number of amides is 1. The van der Waals surface area contributed by atoms with Gasteiger partial charge in [0.2, 0.25) is 0 Å². The summed E-state index contributed by atoms with van der Waals surface area (Å²) in [5.41, 5.74) is 2.78. The van der Waals surface area contributed by atoms with Crippen LogP contribution in [0.25, 0.3) is 0 Å². The Labute approximate surface area is 158 Å². The molecule has 1 unspecified atom stereocenters. The Morgan fingerprint density at radius 3 is 2.84 bits per heavy atom. The Kier molecular flexibility index (Phi) is 5.37. The van der Waals surface area contributed by atoms with Crippen molar-refractivity contribution in [2.24, 2.45) is 7.05 Å². The van der Waals surface area contributed by atoms with Crippen LogP contribution in [0.4, 0.5) is 0 Å². The minimum Gasteiger partial charge on any atom is -0.328 e. The zero-order chi connectivity index (χ0) is 16.7. The number of benzene rings is 1. The van der Waals surface area contributed by atoms with E-state index in [2.05, 4.69) is 10.4 Å². The highest BCUT2D eigenvalue weighted by molar-refractivity contribution is 6.30. The smallest absolute Gasteiger partial charge is 0.274 e. The molecule has 1 aromatic carbocycles. The van der Waals surface area contributed by atoms with Gasteiger partial charge >= 0.3 is 0 Å². The van der Waals surface area contributed by atoms with E-state index in [9.17, 15) is 4.79 Å². The zero-order valence-corrected chi connectivity index (χ0v) is 15.7. The van der Waals surface area contributed by atoms with E-state index < -0.39 is 0 Å². The summed E-state index contributed by atoms with van der Waals surface area (Å²) in [4.78, 5) is 15.0. The summed E-state index contributed by atoms with van der Waals surface area (Å²) in [7, 11) is 1.93. The van der Waals surface area contributed by atoms with E-state index in [1.165, 1.54) is 18.5 Å². The lowest BCUT2D eigenvalue weighted by Gasteiger charge is -2.36. The highest BCUT2D eigenvalue weighted by Crippen LogP contribution is 2.40. The molecule has 5 nitrogen and oxygen atoms in total. The van der Waals surface area contributed by atoms with Gasteiger partial charge in [0, 0.05) is 43.3 Å². The Morgan fingerprint density at radius 1 is 1.32 bits per heavy atom. The molecule has 0 radical (unpaired) electrons. The number of aromatic nitrogens is 2. The molecular formula is C18H22Cl2N4O. The molecule has 25 heavy (non-hydrogen) atoms. The average molecular weight is 381 g/mol. The number of piperazine rings is 1. The largest absolute Gasteiger partial charge is 0.328 e. The number of hydrogen-bond acceptors (Lipinski definition) is 3. The van der Waals surface area contributed by atoms with Gasteiger partial charge in [-0.2, -0.15) is 5.10 Å². The van der Waals surface area contributed by atoms with Gasteiger partial charge in [0.15, 0.2) is 5.69 Å². The van der Waals surface area contributed by atoms with Crippen molar-refractivity contribution >= 4 is 29.9 Å². The van der Waals surface area contributed by atoms with Gasteiger partial charge in [-0.1, -0.05) is 23.7 Å². The van der Waals surface area contributed by atoms with Crippen LogP contribution < -0.4 is 5.32 Å². The predicted molar refractivity (Wildman–Crippen MR) is 101 cm³/mol. The fourth-order valence-corrected chi connectivity index (χ4v) is 3.65. The molecule has 1 saturated heterocycles. The SMILES string of the molecule is Cl.Cn1nc(C(=O)N2CCNCC2c2cccc(Cl)c2)cc1C1CC1. The first-order valence-corrected chi connectivity index (χ1v) is 8.82. The minimum atomic E-state index is -0.0173. The van der Waals surface area contributed by atoms with Crippen molar-refractivity contribution in [1.82, 2.24) is 20.0 Å². The molecule has 2 fully saturated rings. The maximum Gasteiger partial charge on any atom is 0.274 e. The molecule has 1 atom stereocenters.